The molecule has 30 heavy (non-hydrogen) atoms. The van der Waals surface area contributed by atoms with E-state index in [0.717, 1.165) is 18.7 Å². The maximum absolute atomic E-state index is 11.9. The highest BCUT2D eigenvalue weighted by molar-refractivity contribution is 5.73. The van der Waals surface area contributed by atoms with Crippen LogP contribution in [0.3, 0.4) is 0 Å². The van der Waals surface area contributed by atoms with Crippen molar-refractivity contribution in [3.05, 3.63) is 58.5 Å². The van der Waals surface area contributed by atoms with Crippen molar-refractivity contribution in [3.63, 3.8) is 0 Å². The van der Waals surface area contributed by atoms with Crippen molar-refractivity contribution >= 4 is 11.6 Å². The lowest BCUT2D eigenvalue weighted by molar-refractivity contribution is -0.119. The van der Waals surface area contributed by atoms with Crippen molar-refractivity contribution in [1.29, 1.82) is 0 Å². The van der Waals surface area contributed by atoms with Gasteiger partial charge in [-0.05, 0) is 49.6 Å². The van der Waals surface area contributed by atoms with Gasteiger partial charge in [0.25, 0.3) is 0 Å². The van der Waals surface area contributed by atoms with Gasteiger partial charge in [0.15, 0.2) is 0 Å². The number of amides is 1. The Morgan fingerprint density at radius 3 is 2.37 bits per heavy atom. The highest BCUT2D eigenvalue weighted by atomic mass is 19.3. The summed E-state index contributed by atoms with van der Waals surface area (Å²) in [4.78, 5) is 26.3. The number of nitrogens with zero attached hydrogens (tertiary/aromatic N) is 1. The predicted octanol–water partition coefficient (Wildman–Crippen LogP) is 3.89. The van der Waals surface area contributed by atoms with Crippen molar-refractivity contribution in [3.8, 4) is 5.75 Å². The second kappa shape index (κ2) is 11.9. The number of halogens is 2. The summed E-state index contributed by atoms with van der Waals surface area (Å²) in [6.07, 6.45) is 1.58. The van der Waals surface area contributed by atoms with Crippen LogP contribution in [-0.2, 0) is 4.79 Å². The van der Waals surface area contributed by atoms with Crippen molar-refractivity contribution in [2.24, 2.45) is 0 Å². The molecule has 1 aromatic heterocycles. The van der Waals surface area contributed by atoms with E-state index in [0.29, 0.717) is 5.75 Å². The maximum Gasteiger partial charge on any atom is 0.247 e. The first-order valence-electron chi connectivity index (χ1n) is 10.1. The zero-order valence-electron chi connectivity index (χ0n) is 17.4. The van der Waals surface area contributed by atoms with Crippen molar-refractivity contribution in [1.82, 2.24) is 10.3 Å². The summed E-state index contributed by atoms with van der Waals surface area (Å²) in [5.74, 6) is 0.576. The maximum atomic E-state index is 11.9. The summed E-state index contributed by atoms with van der Waals surface area (Å²) in [6.45, 7) is 5.59. The number of alkyl halides is 2. The highest BCUT2D eigenvalue weighted by Gasteiger charge is 2.12. The first kappa shape index (κ1) is 23.4. The molecule has 8 heteroatoms. The molecule has 0 saturated carbocycles. The van der Waals surface area contributed by atoms with Gasteiger partial charge in [0, 0.05) is 44.4 Å². The zero-order valence-corrected chi connectivity index (χ0v) is 17.4. The molecule has 2 aromatic rings. The number of carbonyl (C=O) groups excluding carboxylic acids is 1. The average molecular weight is 421 g/mol. The number of ether oxygens (including phenoxy) is 1. The molecule has 0 spiro atoms. The van der Waals surface area contributed by atoms with E-state index in [1.54, 1.807) is 12.3 Å². The fourth-order valence-corrected chi connectivity index (χ4v) is 3.07. The summed E-state index contributed by atoms with van der Waals surface area (Å²) < 4.78 is 29.1. The summed E-state index contributed by atoms with van der Waals surface area (Å²) in [7, 11) is 0. The van der Waals surface area contributed by atoms with E-state index in [4.69, 9.17) is 4.74 Å². The summed E-state index contributed by atoms with van der Waals surface area (Å²) in [5, 5.41) is 2.72. The van der Waals surface area contributed by atoms with E-state index in [2.05, 4.69) is 15.2 Å². The van der Waals surface area contributed by atoms with Gasteiger partial charge in [0.2, 0.25) is 17.9 Å². The topological polar surface area (TPSA) is 74.4 Å². The van der Waals surface area contributed by atoms with Crippen LogP contribution < -0.4 is 20.5 Å². The number of nitrogens with one attached hydrogen (secondary N) is 2. The monoisotopic (exact) mass is 421 g/mol. The molecule has 3 rings (SSSR count). The van der Waals surface area contributed by atoms with Gasteiger partial charge in [-0.15, -0.1) is 0 Å². The molecule has 2 N–H and O–H groups in total. The van der Waals surface area contributed by atoms with Crippen LogP contribution in [0.5, 0.6) is 5.75 Å². The van der Waals surface area contributed by atoms with E-state index < -0.39 is 6.43 Å². The minimum absolute atomic E-state index is 0.0702. The van der Waals surface area contributed by atoms with Crippen molar-refractivity contribution < 1.29 is 18.3 Å². The molecular weight excluding hydrogens is 392 g/mol. The van der Waals surface area contributed by atoms with Crippen LogP contribution in [0.25, 0.3) is 0 Å². The van der Waals surface area contributed by atoms with E-state index in [9.17, 15) is 18.4 Å². The number of hydrogen-bond acceptors (Lipinski definition) is 4. The molecule has 1 saturated heterocycles. The smallest absolute Gasteiger partial charge is 0.247 e. The quantitative estimate of drug-likeness (QED) is 0.711. The van der Waals surface area contributed by atoms with E-state index in [1.807, 2.05) is 31.2 Å². The molecule has 0 bridgehead atoms. The number of hydrogen-bond donors (Lipinski definition) is 2. The molecule has 1 fully saturated rings. The van der Waals surface area contributed by atoms with Crippen LogP contribution in [0.1, 0.15) is 44.7 Å². The molecule has 6 nitrogen and oxygen atoms in total. The van der Waals surface area contributed by atoms with Crippen LogP contribution >= 0.6 is 0 Å². The van der Waals surface area contributed by atoms with Crippen molar-refractivity contribution in [2.45, 2.75) is 45.6 Å². The third kappa shape index (κ3) is 8.23. The van der Waals surface area contributed by atoms with Gasteiger partial charge in [-0.2, -0.15) is 0 Å². The van der Waals surface area contributed by atoms with Gasteiger partial charge in [0.05, 0.1) is 12.6 Å². The lowest BCUT2D eigenvalue weighted by Gasteiger charge is -2.17. The Balaban J connectivity index is 0.000000222. The predicted molar refractivity (Wildman–Crippen MR) is 113 cm³/mol. The molecule has 164 valence electrons. The lowest BCUT2D eigenvalue weighted by atomic mass is 10.1. The Morgan fingerprint density at radius 1 is 1.17 bits per heavy atom. The van der Waals surface area contributed by atoms with Crippen LogP contribution in [0.2, 0.25) is 0 Å². The number of benzene rings is 1. The van der Waals surface area contributed by atoms with Crippen molar-refractivity contribution in [2.75, 3.05) is 24.6 Å². The third-order valence-electron chi connectivity index (χ3n) is 4.64. The van der Waals surface area contributed by atoms with Crippen LogP contribution in [0, 0.1) is 0 Å². The van der Waals surface area contributed by atoms with E-state index in [-0.39, 0.29) is 30.5 Å². The van der Waals surface area contributed by atoms with Gasteiger partial charge in [-0.3, -0.25) is 9.59 Å². The second-order valence-electron chi connectivity index (χ2n) is 7.12. The van der Waals surface area contributed by atoms with Gasteiger partial charge >= 0.3 is 0 Å². The van der Waals surface area contributed by atoms with Gasteiger partial charge < -0.3 is 19.9 Å². The molecule has 1 unspecified atom stereocenters. The molecule has 1 amide bonds. The Morgan fingerprint density at radius 2 is 1.83 bits per heavy atom. The Kier molecular flexibility index (Phi) is 9.31. The Hall–Kier alpha value is -2.90. The molecule has 1 atom stereocenters. The normalized spacial score (nSPS) is 14.1. The van der Waals surface area contributed by atoms with Gasteiger partial charge in [0.1, 0.15) is 5.75 Å². The summed E-state index contributed by atoms with van der Waals surface area (Å²) in [6, 6.07) is 10.7. The molecular formula is C22H29F2N3O3. The van der Waals surface area contributed by atoms with Crippen LogP contribution in [0.4, 0.5) is 14.5 Å². The minimum Gasteiger partial charge on any atom is -0.493 e. The number of rotatable bonds is 7. The fraction of sp³-hybridized carbons (Fsp3) is 0.455. The summed E-state index contributed by atoms with van der Waals surface area (Å²) in [5.41, 5.74) is 1.93. The lowest BCUT2D eigenvalue weighted by Crippen LogP contribution is -2.24. The fourth-order valence-electron chi connectivity index (χ4n) is 3.07. The molecule has 0 radical (unpaired) electrons. The molecule has 1 aliphatic heterocycles. The Bertz CT molecular complexity index is 814. The van der Waals surface area contributed by atoms with E-state index >= 15 is 0 Å². The highest BCUT2D eigenvalue weighted by Crippen LogP contribution is 2.23. The largest absolute Gasteiger partial charge is 0.493 e. The number of carbonyl (C=O) groups is 1. The average Bonchev–Trinajstić information content (AvgIpc) is 3.23. The van der Waals surface area contributed by atoms with Gasteiger partial charge in [-0.25, -0.2) is 8.78 Å². The van der Waals surface area contributed by atoms with Crippen LogP contribution in [0.15, 0.2) is 47.4 Å². The first-order chi connectivity index (χ1) is 14.3. The minimum atomic E-state index is -2.29. The molecule has 1 aromatic carbocycles. The standard InChI is InChI=1S/C13H17F2NO.C9H12N2O2/c14-13(15)7-10-17-12-5-3-11(4-6-12)16-8-1-2-9-16;1-6(11-7(2)12)8-3-4-9(13)10-5-8/h3-6,13H,1-2,7-10H2;3-6H,1-2H3,(H,10,13)(H,11,12). The van der Waals surface area contributed by atoms with E-state index in [1.165, 1.54) is 31.5 Å². The Labute approximate surface area is 175 Å². The second-order valence-corrected chi connectivity index (χ2v) is 7.12. The summed E-state index contributed by atoms with van der Waals surface area (Å²) >= 11 is 0. The molecule has 0 aliphatic carbocycles. The zero-order chi connectivity index (χ0) is 21.9. The number of aromatic amines is 1. The molecule has 1 aliphatic rings. The third-order valence-corrected chi connectivity index (χ3v) is 4.64. The first-order valence-corrected chi connectivity index (χ1v) is 10.1. The number of aromatic nitrogens is 1. The number of H-pyrrole nitrogens is 1. The molecule has 2 heterocycles. The van der Waals surface area contributed by atoms with Crippen LogP contribution in [-0.4, -0.2) is 37.0 Å². The SMILES string of the molecule is CC(=O)NC(C)c1ccc(=O)[nH]c1.FC(F)CCOc1ccc(N2CCCC2)cc1. The number of anilines is 1. The van der Waals surface area contributed by atoms with Gasteiger partial charge in [-0.1, -0.05) is 6.07 Å². The number of pyridine rings is 1.